The Labute approximate surface area is 138 Å². The maximum Gasteiger partial charge on any atom is 0.106 e. The highest BCUT2D eigenvalue weighted by molar-refractivity contribution is 5.14. The van der Waals surface area contributed by atoms with Crippen molar-refractivity contribution in [1.29, 1.82) is 0 Å². The predicted molar refractivity (Wildman–Crippen MR) is 92.2 cm³/mol. The summed E-state index contributed by atoms with van der Waals surface area (Å²) < 4.78 is 0. The first-order valence-electron chi connectivity index (χ1n) is 8.98. The third-order valence-corrected chi connectivity index (χ3v) is 4.87. The molecule has 0 aliphatic carbocycles. The van der Waals surface area contributed by atoms with Crippen LogP contribution in [0.2, 0.25) is 0 Å². The second-order valence-corrected chi connectivity index (χ2v) is 6.94. The molecule has 0 saturated carbocycles. The number of nitrogens with zero attached hydrogens (tertiary/aromatic N) is 3. The third-order valence-electron chi connectivity index (χ3n) is 4.87. The molecule has 1 saturated heterocycles. The average molecular weight is 315 g/mol. The van der Waals surface area contributed by atoms with Crippen molar-refractivity contribution < 1.29 is 0 Å². The molecule has 0 bridgehead atoms. The van der Waals surface area contributed by atoms with Crippen LogP contribution < -0.4 is 0 Å². The molecule has 23 heavy (non-hydrogen) atoms. The molecule has 5 nitrogen and oxygen atoms in total. The molecule has 0 amide bonds. The number of likely N-dealkylation sites (tertiary alicyclic amines) is 1. The van der Waals surface area contributed by atoms with Gasteiger partial charge in [-0.05, 0) is 50.6 Å². The summed E-state index contributed by atoms with van der Waals surface area (Å²) in [5, 5.41) is 7.30. The maximum atomic E-state index is 4.52. The largest absolute Gasteiger partial charge is 0.345 e. The standard InChI is InChI=1S/C18H29N5/c1-3-4-7-18-19-11-16(21-18)13-23-8-5-6-15(12-23)9-17-14(2)10-20-22-17/h10-11,15H,3-9,12-13H2,1-2H3,(H,19,21)(H,20,22)/t15-/m0/s1. The Morgan fingerprint density at radius 3 is 3.04 bits per heavy atom. The van der Waals surface area contributed by atoms with E-state index in [4.69, 9.17) is 0 Å². The number of unbranched alkanes of at least 4 members (excludes halogenated alkanes) is 1. The van der Waals surface area contributed by atoms with Gasteiger partial charge in [0.25, 0.3) is 0 Å². The third kappa shape index (κ3) is 4.44. The van der Waals surface area contributed by atoms with Gasteiger partial charge >= 0.3 is 0 Å². The van der Waals surface area contributed by atoms with Crippen LogP contribution >= 0.6 is 0 Å². The Kier molecular flexibility index (Phi) is 5.49. The van der Waals surface area contributed by atoms with E-state index in [1.54, 1.807) is 0 Å². The van der Waals surface area contributed by atoms with Crippen molar-refractivity contribution >= 4 is 0 Å². The van der Waals surface area contributed by atoms with E-state index in [2.05, 4.69) is 38.9 Å². The lowest BCUT2D eigenvalue weighted by atomic mass is 9.92. The van der Waals surface area contributed by atoms with Crippen LogP contribution in [0.25, 0.3) is 0 Å². The quantitative estimate of drug-likeness (QED) is 0.824. The zero-order valence-corrected chi connectivity index (χ0v) is 14.4. The summed E-state index contributed by atoms with van der Waals surface area (Å²) in [5.41, 5.74) is 3.85. The Hall–Kier alpha value is -1.62. The summed E-state index contributed by atoms with van der Waals surface area (Å²) in [6.45, 7) is 7.72. The summed E-state index contributed by atoms with van der Waals surface area (Å²) in [4.78, 5) is 10.6. The van der Waals surface area contributed by atoms with Gasteiger partial charge in [0.15, 0.2) is 0 Å². The fourth-order valence-electron chi connectivity index (χ4n) is 3.53. The van der Waals surface area contributed by atoms with Crippen molar-refractivity contribution in [3.05, 3.63) is 35.2 Å². The Bertz CT molecular complexity index is 600. The summed E-state index contributed by atoms with van der Waals surface area (Å²) in [6, 6.07) is 0. The van der Waals surface area contributed by atoms with Crippen LogP contribution in [0.3, 0.4) is 0 Å². The molecule has 5 heteroatoms. The second-order valence-electron chi connectivity index (χ2n) is 6.94. The van der Waals surface area contributed by atoms with Crippen molar-refractivity contribution in [2.45, 2.75) is 58.9 Å². The average Bonchev–Trinajstić information content (AvgIpc) is 3.15. The molecule has 1 atom stereocenters. The van der Waals surface area contributed by atoms with Gasteiger partial charge in [-0.25, -0.2) is 4.98 Å². The van der Waals surface area contributed by atoms with Gasteiger partial charge in [-0.2, -0.15) is 5.10 Å². The molecule has 2 aromatic heterocycles. The van der Waals surface area contributed by atoms with Crippen LogP contribution in [0.5, 0.6) is 0 Å². The molecule has 0 spiro atoms. The minimum Gasteiger partial charge on any atom is -0.345 e. The van der Waals surface area contributed by atoms with Crippen LogP contribution in [0.15, 0.2) is 12.4 Å². The Balaban J connectivity index is 1.52. The lowest BCUT2D eigenvalue weighted by molar-refractivity contribution is 0.165. The minimum absolute atomic E-state index is 0.727. The number of piperidine rings is 1. The van der Waals surface area contributed by atoms with Gasteiger partial charge in [0.1, 0.15) is 5.82 Å². The SMILES string of the molecule is CCCCc1ncc(CN2CCC[C@@H](Cc3[nH]ncc3C)C2)[nH]1. The van der Waals surface area contributed by atoms with Gasteiger partial charge in [-0.1, -0.05) is 13.3 Å². The summed E-state index contributed by atoms with van der Waals surface area (Å²) in [5.74, 6) is 1.87. The smallest absolute Gasteiger partial charge is 0.106 e. The first kappa shape index (κ1) is 16.2. The lowest BCUT2D eigenvalue weighted by Crippen LogP contribution is -2.36. The number of aromatic nitrogens is 4. The van der Waals surface area contributed by atoms with E-state index in [-0.39, 0.29) is 0 Å². The van der Waals surface area contributed by atoms with Crippen LogP contribution in [-0.4, -0.2) is 38.2 Å². The van der Waals surface area contributed by atoms with Crippen molar-refractivity contribution in [3.8, 4) is 0 Å². The van der Waals surface area contributed by atoms with Crippen LogP contribution in [0, 0.1) is 12.8 Å². The predicted octanol–water partition coefficient (Wildman–Crippen LogP) is 3.24. The molecule has 3 rings (SSSR count). The molecule has 126 valence electrons. The van der Waals surface area contributed by atoms with Gasteiger partial charge in [-0.15, -0.1) is 0 Å². The zero-order chi connectivity index (χ0) is 16.1. The lowest BCUT2D eigenvalue weighted by Gasteiger charge is -2.32. The molecular formula is C18H29N5. The number of hydrogen-bond donors (Lipinski definition) is 2. The van der Waals surface area contributed by atoms with Crippen molar-refractivity contribution in [3.63, 3.8) is 0 Å². The zero-order valence-electron chi connectivity index (χ0n) is 14.4. The van der Waals surface area contributed by atoms with Crippen molar-refractivity contribution in [2.24, 2.45) is 5.92 Å². The molecule has 2 N–H and O–H groups in total. The molecule has 0 unspecified atom stereocenters. The highest BCUT2D eigenvalue weighted by atomic mass is 15.1. The Morgan fingerprint density at radius 2 is 2.26 bits per heavy atom. The highest BCUT2D eigenvalue weighted by Gasteiger charge is 2.21. The van der Waals surface area contributed by atoms with Gasteiger partial charge in [-0.3, -0.25) is 10.00 Å². The molecule has 0 aromatic carbocycles. The van der Waals surface area contributed by atoms with E-state index in [1.165, 1.54) is 55.7 Å². The molecule has 1 aliphatic heterocycles. The number of imidazole rings is 1. The minimum atomic E-state index is 0.727. The normalized spacial score (nSPS) is 19.3. The van der Waals surface area contributed by atoms with E-state index in [9.17, 15) is 0 Å². The van der Waals surface area contributed by atoms with Crippen LogP contribution in [-0.2, 0) is 19.4 Å². The van der Waals surface area contributed by atoms with Crippen LogP contribution in [0.4, 0.5) is 0 Å². The number of nitrogens with one attached hydrogen (secondary N) is 2. The fourth-order valence-corrected chi connectivity index (χ4v) is 3.53. The summed E-state index contributed by atoms with van der Waals surface area (Å²) >= 11 is 0. The topological polar surface area (TPSA) is 60.6 Å². The molecular weight excluding hydrogens is 286 g/mol. The van der Waals surface area contributed by atoms with Gasteiger partial charge in [0.05, 0.1) is 6.20 Å². The molecule has 1 fully saturated rings. The molecule has 0 radical (unpaired) electrons. The molecule has 1 aliphatic rings. The Morgan fingerprint density at radius 1 is 1.35 bits per heavy atom. The van der Waals surface area contributed by atoms with Gasteiger partial charge < -0.3 is 4.98 Å². The van der Waals surface area contributed by atoms with E-state index >= 15 is 0 Å². The number of aromatic amines is 2. The number of aryl methyl sites for hydroxylation is 2. The summed E-state index contributed by atoms with van der Waals surface area (Å²) in [7, 11) is 0. The number of hydrogen-bond acceptors (Lipinski definition) is 3. The number of H-pyrrole nitrogens is 2. The summed E-state index contributed by atoms with van der Waals surface area (Å²) in [6.07, 6.45) is 11.2. The van der Waals surface area contributed by atoms with Gasteiger partial charge in [0, 0.05) is 37.1 Å². The highest BCUT2D eigenvalue weighted by Crippen LogP contribution is 2.22. The molecule has 3 heterocycles. The van der Waals surface area contributed by atoms with Crippen molar-refractivity contribution in [1.82, 2.24) is 25.1 Å². The van der Waals surface area contributed by atoms with E-state index in [0.29, 0.717) is 0 Å². The number of rotatable bonds is 7. The second kappa shape index (κ2) is 7.77. The molecule has 2 aromatic rings. The first-order valence-corrected chi connectivity index (χ1v) is 8.98. The monoisotopic (exact) mass is 315 g/mol. The van der Waals surface area contributed by atoms with E-state index in [0.717, 1.165) is 31.1 Å². The van der Waals surface area contributed by atoms with E-state index in [1.807, 2.05) is 12.4 Å². The fraction of sp³-hybridized carbons (Fsp3) is 0.667. The van der Waals surface area contributed by atoms with E-state index < -0.39 is 0 Å². The van der Waals surface area contributed by atoms with Crippen LogP contribution in [0.1, 0.15) is 55.4 Å². The first-order chi connectivity index (χ1) is 11.2. The maximum absolute atomic E-state index is 4.52. The van der Waals surface area contributed by atoms with Crippen molar-refractivity contribution in [2.75, 3.05) is 13.1 Å². The van der Waals surface area contributed by atoms with Gasteiger partial charge in [0.2, 0.25) is 0 Å².